The highest BCUT2D eigenvalue weighted by Crippen LogP contribution is 2.43. The number of carbonyl (C=O) groups excluding carboxylic acids is 2. The standard InChI is InChI=1S/C20H19ClF3NO4.C16H11ClF3NO4/c1-10-7-12(5-6-13(10)18(27)28)25-17(26)11-8-14(20(22,23)24)16(15(21)9-11)29-19(2,3)4;1-7-4-9(2-3-10(7)15(24)25)21-14(23)8-5-11(16(18,19)20)13(22)12(17)6-8/h5-9H,1-4H3,(H,25,26)(H,27,28);2-6,22H,1H3,(H,21,23)(H,24,25). The number of alkyl halides is 6. The van der Waals surface area contributed by atoms with Gasteiger partial charge in [0.2, 0.25) is 0 Å². The Hall–Kier alpha value is -5.48. The second-order valence-electron chi connectivity index (χ2n) is 12.5. The van der Waals surface area contributed by atoms with Gasteiger partial charge >= 0.3 is 24.3 Å². The van der Waals surface area contributed by atoms with Gasteiger partial charge in [-0.1, -0.05) is 23.2 Å². The number of amides is 2. The number of nitrogens with one attached hydrogen (secondary N) is 2. The fourth-order valence-electron chi connectivity index (χ4n) is 4.66. The maximum atomic E-state index is 13.5. The SMILES string of the molecule is Cc1cc(NC(=O)c2cc(Cl)c(O)c(C(F)(F)F)c2)ccc1C(=O)O.Cc1cc(NC(=O)c2cc(Cl)c(OC(C)(C)C)c(C(F)(F)F)c2)ccc1C(=O)O. The Bertz CT molecular complexity index is 2130. The summed E-state index contributed by atoms with van der Waals surface area (Å²) in [6.45, 7) is 7.78. The molecule has 0 saturated heterocycles. The highest BCUT2D eigenvalue weighted by Gasteiger charge is 2.38. The van der Waals surface area contributed by atoms with Crippen LogP contribution in [0.1, 0.15) is 84.5 Å². The number of ether oxygens (including phenoxy) is 1. The van der Waals surface area contributed by atoms with Crippen LogP contribution in [0.2, 0.25) is 10.0 Å². The molecule has 2 amide bonds. The van der Waals surface area contributed by atoms with E-state index in [-0.39, 0.29) is 33.1 Å². The van der Waals surface area contributed by atoms with Crippen LogP contribution in [0.15, 0.2) is 60.7 Å². The summed E-state index contributed by atoms with van der Waals surface area (Å²) < 4.78 is 84.5. The Balaban J connectivity index is 0.000000294. The van der Waals surface area contributed by atoms with Crippen molar-refractivity contribution in [1.82, 2.24) is 0 Å². The van der Waals surface area contributed by atoms with Gasteiger partial charge in [-0.3, -0.25) is 9.59 Å². The van der Waals surface area contributed by atoms with Crippen molar-refractivity contribution in [2.45, 2.75) is 52.6 Å². The molecule has 0 aromatic heterocycles. The number of rotatable bonds is 7. The van der Waals surface area contributed by atoms with E-state index in [0.717, 1.165) is 12.1 Å². The first kappa shape index (κ1) is 42.9. The summed E-state index contributed by atoms with van der Waals surface area (Å²) in [6.07, 6.45) is -9.68. The highest BCUT2D eigenvalue weighted by molar-refractivity contribution is 6.33. The first-order valence-corrected chi connectivity index (χ1v) is 15.9. The number of phenolic OH excluding ortho intramolecular Hbond substituents is 1. The summed E-state index contributed by atoms with van der Waals surface area (Å²) in [4.78, 5) is 46.6. The molecule has 0 aliphatic carbocycles. The number of benzene rings is 4. The lowest BCUT2D eigenvalue weighted by atomic mass is 10.1. The van der Waals surface area contributed by atoms with Gasteiger partial charge in [-0.15, -0.1) is 0 Å². The van der Waals surface area contributed by atoms with Crippen LogP contribution in [-0.2, 0) is 12.4 Å². The van der Waals surface area contributed by atoms with Gasteiger partial charge in [-0.2, -0.15) is 26.3 Å². The Kier molecular flexibility index (Phi) is 12.9. The first-order valence-electron chi connectivity index (χ1n) is 15.2. The Morgan fingerprint density at radius 1 is 0.630 bits per heavy atom. The van der Waals surface area contributed by atoms with E-state index in [4.69, 9.17) is 38.2 Å². The molecule has 0 unspecified atom stereocenters. The monoisotopic (exact) mass is 802 g/mol. The fraction of sp³-hybridized carbons (Fsp3) is 0.222. The van der Waals surface area contributed by atoms with Crippen molar-refractivity contribution in [3.8, 4) is 11.5 Å². The summed E-state index contributed by atoms with van der Waals surface area (Å²) in [5.41, 5.74) is -2.98. The minimum atomic E-state index is -4.89. The molecule has 0 fully saturated rings. The number of aromatic hydroxyl groups is 1. The summed E-state index contributed by atoms with van der Waals surface area (Å²) in [5.74, 6) is -5.71. The molecule has 0 aliphatic heterocycles. The quantitative estimate of drug-likeness (QED) is 0.115. The maximum Gasteiger partial charge on any atom is 0.420 e. The molecule has 4 rings (SSSR count). The van der Waals surface area contributed by atoms with E-state index >= 15 is 0 Å². The summed E-state index contributed by atoms with van der Waals surface area (Å²) in [6, 6.07) is 11.1. The second-order valence-corrected chi connectivity index (χ2v) is 13.3. The van der Waals surface area contributed by atoms with Gasteiger partial charge in [0.1, 0.15) is 11.4 Å². The molecule has 54 heavy (non-hydrogen) atoms. The Labute approximate surface area is 313 Å². The van der Waals surface area contributed by atoms with E-state index in [0.29, 0.717) is 23.3 Å². The van der Waals surface area contributed by atoms with Crippen molar-refractivity contribution in [1.29, 1.82) is 0 Å². The van der Waals surface area contributed by atoms with Gasteiger partial charge in [0.25, 0.3) is 11.8 Å². The maximum absolute atomic E-state index is 13.5. The van der Waals surface area contributed by atoms with Crippen LogP contribution in [0.4, 0.5) is 37.7 Å². The average molecular weight is 804 g/mol. The fourth-order valence-corrected chi connectivity index (χ4v) is 5.14. The van der Waals surface area contributed by atoms with Crippen LogP contribution in [0.25, 0.3) is 0 Å². The molecule has 5 N–H and O–H groups in total. The summed E-state index contributed by atoms with van der Waals surface area (Å²) in [5, 5.41) is 31.2. The molecule has 0 heterocycles. The van der Waals surface area contributed by atoms with E-state index in [1.807, 2.05) is 0 Å². The van der Waals surface area contributed by atoms with Gasteiger partial charge in [0.05, 0.1) is 32.3 Å². The van der Waals surface area contributed by atoms with E-state index in [9.17, 15) is 50.6 Å². The van der Waals surface area contributed by atoms with Crippen LogP contribution >= 0.6 is 23.2 Å². The number of aryl methyl sites for hydroxylation is 2. The normalized spacial score (nSPS) is 11.6. The van der Waals surface area contributed by atoms with Crippen molar-refractivity contribution in [3.63, 3.8) is 0 Å². The summed E-state index contributed by atoms with van der Waals surface area (Å²) >= 11 is 11.6. The van der Waals surface area contributed by atoms with Crippen molar-refractivity contribution >= 4 is 58.3 Å². The zero-order valence-corrected chi connectivity index (χ0v) is 30.2. The van der Waals surface area contributed by atoms with Crippen LogP contribution < -0.4 is 15.4 Å². The number of anilines is 2. The third-order valence-corrected chi connectivity index (χ3v) is 7.65. The second kappa shape index (κ2) is 16.3. The number of aromatic carboxylic acids is 2. The van der Waals surface area contributed by atoms with E-state index in [1.165, 1.54) is 50.2 Å². The molecular formula is C36H30Cl2F6N2O8. The number of phenols is 1. The topological polar surface area (TPSA) is 162 Å². The molecule has 0 saturated carbocycles. The van der Waals surface area contributed by atoms with Crippen LogP contribution in [0.3, 0.4) is 0 Å². The van der Waals surface area contributed by atoms with Gasteiger partial charge < -0.3 is 30.7 Å². The van der Waals surface area contributed by atoms with Crippen molar-refractivity contribution in [2.75, 3.05) is 10.6 Å². The Morgan fingerprint density at radius 3 is 1.37 bits per heavy atom. The predicted molar refractivity (Wildman–Crippen MR) is 187 cm³/mol. The van der Waals surface area contributed by atoms with E-state index < -0.39 is 74.9 Å². The average Bonchev–Trinajstić information content (AvgIpc) is 3.01. The third-order valence-electron chi connectivity index (χ3n) is 7.08. The Morgan fingerprint density at radius 2 is 1.02 bits per heavy atom. The number of hydrogen-bond donors (Lipinski definition) is 5. The van der Waals surface area contributed by atoms with Gasteiger partial charge in [0.15, 0.2) is 5.75 Å². The number of hydrogen-bond acceptors (Lipinski definition) is 6. The van der Waals surface area contributed by atoms with Gasteiger partial charge in [-0.05, 0) is 106 Å². The van der Waals surface area contributed by atoms with Crippen molar-refractivity contribution in [3.05, 3.63) is 115 Å². The van der Waals surface area contributed by atoms with Crippen LogP contribution in [-0.4, -0.2) is 44.7 Å². The lowest BCUT2D eigenvalue weighted by Crippen LogP contribution is -2.25. The predicted octanol–water partition coefficient (Wildman–Crippen LogP) is 10.1. The molecule has 4 aromatic rings. The minimum Gasteiger partial charge on any atom is -0.506 e. The molecular weight excluding hydrogens is 773 g/mol. The van der Waals surface area contributed by atoms with E-state index in [2.05, 4.69) is 10.6 Å². The lowest BCUT2D eigenvalue weighted by molar-refractivity contribution is -0.140. The smallest absolute Gasteiger partial charge is 0.420 e. The number of carboxylic acids is 2. The molecule has 10 nitrogen and oxygen atoms in total. The minimum absolute atomic E-state index is 0.0324. The van der Waals surface area contributed by atoms with Crippen LogP contribution in [0.5, 0.6) is 11.5 Å². The van der Waals surface area contributed by atoms with Crippen LogP contribution in [0, 0.1) is 13.8 Å². The number of carbonyl (C=O) groups is 4. The summed E-state index contributed by atoms with van der Waals surface area (Å²) in [7, 11) is 0. The largest absolute Gasteiger partial charge is 0.506 e. The van der Waals surface area contributed by atoms with E-state index in [1.54, 1.807) is 20.8 Å². The molecule has 0 aliphatic rings. The molecule has 18 heteroatoms. The molecule has 288 valence electrons. The zero-order chi connectivity index (χ0) is 41.1. The number of halogens is 8. The third kappa shape index (κ3) is 11.0. The molecule has 4 aromatic carbocycles. The molecule has 0 spiro atoms. The number of carboxylic acid groups (broad SMARTS) is 2. The van der Waals surface area contributed by atoms with Gasteiger partial charge in [0, 0.05) is 22.5 Å². The first-order chi connectivity index (χ1) is 24.7. The van der Waals surface area contributed by atoms with Crippen molar-refractivity contribution < 1.29 is 65.6 Å². The zero-order valence-electron chi connectivity index (χ0n) is 28.7. The highest BCUT2D eigenvalue weighted by atomic mass is 35.5. The van der Waals surface area contributed by atoms with Gasteiger partial charge in [-0.25, -0.2) is 9.59 Å². The molecule has 0 radical (unpaired) electrons. The van der Waals surface area contributed by atoms with Crippen molar-refractivity contribution in [2.24, 2.45) is 0 Å². The molecule has 0 atom stereocenters. The lowest BCUT2D eigenvalue weighted by Gasteiger charge is -2.25. The molecule has 0 bridgehead atoms.